The van der Waals surface area contributed by atoms with Crippen LogP contribution in [0.1, 0.15) is 46.5 Å². The molecule has 0 saturated carbocycles. The van der Waals surface area contributed by atoms with Gasteiger partial charge in [0.1, 0.15) is 0 Å². The fourth-order valence-electron chi connectivity index (χ4n) is 2.72. The van der Waals surface area contributed by atoms with Gasteiger partial charge in [-0.25, -0.2) is 9.59 Å². The molecular weight excluding hydrogens is 414 g/mol. The first-order chi connectivity index (χ1) is 15.2. The molecule has 32 heavy (non-hydrogen) atoms. The summed E-state index contributed by atoms with van der Waals surface area (Å²) in [5.41, 5.74) is 1.71. The van der Waals surface area contributed by atoms with Crippen LogP contribution in [0.4, 0.5) is 5.69 Å². The summed E-state index contributed by atoms with van der Waals surface area (Å²) >= 11 is 0. The van der Waals surface area contributed by atoms with Gasteiger partial charge in [-0.3, -0.25) is 4.79 Å². The van der Waals surface area contributed by atoms with Crippen molar-refractivity contribution in [2.45, 2.75) is 27.2 Å². The van der Waals surface area contributed by atoms with E-state index in [1.54, 1.807) is 31.2 Å². The van der Waals surface area contributed by atoms with Crippen molar-refractivity contribution < 1.29 is 33.3 Å². The lowest BCUT2D eigenvalue weighted by Gasteiger charge is -2.13. The van der Waals surface area contributed by atoms with Gasteiger partial charge in [0.25, 0.3) is 5.91 Å². The van der Waals surface area contributed by atoms with E-state index in [-0.39, 0.29) is 5.56 Å². The number of hydrogen-bond acceptors (Lipinski definition) is 7. The molecule has 2 rings (SSSR count). The minimum absolute atomic E-state index is 0.231. The van der Waals surface area contributed by atoms with E-state index in [9.17, 15) is 14.4 Å². The van der Waals surface area contributed by atoms with E-state index in [4.69, 9.17) is 14.2 Å². The predicted molar refractivity (Wildman–Crippen MR) is 119 cm³/mol. The number of hydrogen-bond donors (Lipinski definition) is 1. The summed E-state index contributed by atoms with van der Waals surface area (Å²) in [6.07, 6.45) is 0.893. The summed E-state index contributed by atoms with van der Waals surface area (Å²) in [7, 11) is 2.76. The van der Waals surface area contributed by atoms with E-state index in [2.05, 4.69) is 23.9 Å². The number of methoxy groups -OCH3 is 2. The summed E-state index contributed by atoms with van der Waals surface area (Å²) in [6, 6.07) is 9.49. The van der Waals surface area contributed by atoms with E-state index in [0.717, 1.165) is 12.0 Å². The maximum atomic E-state index is 12.4. The van der Waals surface area contributed by atoms with Crippen LogP contribution < -0.4 is 14.8 Å². The van der Waals surface area contributed by atoms with Crippen LogP contribution in [0.2, 0.25) is 0 Å². The number of rotatable bonds is 10. The van der Waals surface area contributed by atoms with Crippen molar-refractivity contribution >= 4 is 23.5 Å². The molecule has 0 spiro atoms. The van der Waals surface area contributed by atoms with Gasteiger partial charge in [-0.2, -0.15) is 0 Å². The Kier molecular flexibility index (Phi) is 9.07. The summed E-state index contributed by atoms with van der Waals surface area (Å²) in [4.78, 5) is 36.3. The zero-order valence-electron chi connectivity index (χ0n) is 19.0. The van der Waals surface area contributed by atoms with Crippen LogP contribution in [0.15, 0.2) is 36.4 Å². The topological polar surface area (TPSA) is 100 Å². The molecular formula is C24H29NO7. The van der Waals surface area contributed by atoms with E-state index in [1.807, 2.05) is 0 Å². The van der Waals surface area contributed by atoms with Gasteiger partial charge in [-0.05, 0) is 55.2 Å². The maximum Gasteiger partial charge on any atom is 0.338 e. The zero-order valence-corrected chi connectivity index (χ0v) is 19.0. The molecule has 0 heterocycles. The summed E-state index contributed by atoms with van der Waals surface area (Å²) in [6.45, 7) is 6.03. The normalized spacial score (nSPS) is 10.4. The fraction of sp³-hybridized carbons (Fsp3) is 0.375. The Labute approximate surface area is 187 Å². The largest absolute Gasteiger partial charge is 0.493 e. The van der Waals surface area contributed by atoms with Crippen molar-refractivity contribution in [1.29, 1.82) is 0 Å². The van der Waals surface area contributed by atoms with Gasteiger partial charge in [-0.1, -0.05) is 19.9 Å². The van der Waals surface area contributed by atoms with Crippen LogP contribution in [0.25, 0.3) is 0 Å². The van der Waals surface area contributed by atoms with Gasteiger partial charge >= 0.3 is 11.9 Å². The minimum atomic E-state index is -0.674. The summed E-state index contributed by atoms with van der Waals surface area (Å²) in [5.74, 6) is -0.284. The molecule has 2 aromatic carbocycles. The van der Waals surface area contributed by atoms with Crippen molar-refractivity contribution in [3.63, 3.8) is 0 Å². The Morgan fingerprint density at radius 1 is 0.938 bits per heavy atom. The number of carbonyl (C=O) groups is 3. The van der Waals surface area contributed by atoms with E-state index < -0.39 is 24.5 Å². The Hall–Kier alpha value is -3.55. The van der Waals surface area contributed by atoms with Crippen LogP contribution in [-0.4, -0.2) is 45.3 Å². The predicted octanol–water partition coefficient (Wildman–Crippen LogP) is 4.01. The Balaban J connectivity index is 1.97. The number of benzene rings is 2. The first-order valence-corrected chi connectivity index (χ1v) is 10.2. The van der Waals surface area contributed by atoms with Crippen molar-refractivity contribution in [3.8, 4) is 11.5 Å². The number of carbonyl (C=O) groups excluding carboxylic acids is 3. The molecule has 0 atom stereocenters. The Morgan fingerprint density at radius 2 is 1.62 bits per heavy atom. The lowest BCUT2D eigenvalue weighted by atomic mass is 10.1. The number of anilines is 1. The monoisotopic (exact) mass is 443 g/mol. The molecule has 0 bridgehead atoms. The van der Waals surface area contributed by atoms with E-state index >= 15 is 0 Å². The van der Waals surface area contributed by atoms with Crippen LogP contribution in [0, 0.1) is 12.8 Å². The van der Waals surface area contributed by atoms with Crippen molar-refractivity contribution in [2.75, 3.05) is 32.8 Å². The highest BCUT2D eigenvalue weighted by molar-refractivity contribution is 5.97. The highest BCUT2D eigenvalue weighted by Crippen LogP contribution is 2.28. The van der Waals surface area contributed by atoms with Gasteiger partial charge in [0.05, 0.1) is 32.0 Å². The van der Waals surface area contributed by atoms with Crippen molar-refractivity contribution in [2.24, 2.45) is 5.92 Å². The number of esters is 2. The molecule has 0 saturated heterocycles. The highest BCUT2D eigenvalue weighted by atomic mass is 16.5. The van der Waals surface area contributed by atoms with Gasteiger partial charge in [-0.15, -0.1) is 0 Å². The maximum absolute atomic E-state index is 12.4. The number of nitrogens with one attached hydrogen (secondary N) is 1. The molecule has 0 fully saturated rings. The third-order valence-electron chi connectivity index (χ3n) is 4.62. The second-order valence-corrected chi connectivity index (χ2v) is 7.54. The van der Waals surface area contributed by atoms with Crippen LogP contribution >= 0.6 is 0 Å². The smallest absolute Gasteiger partial charge is 0.338 e. The quantitative estimate of drug-likeness (QED) is 0.554. The van der Waals surface area contributed by atoms with Gasteiger partial charge < -0.3 is 24.3 Å². The lowest BCUT2D eigenvalue weighted by Crippen LogP contribution is -2.21. The van der Waals surface area contributed by atoms with Crippen LogP contribution in [-0.2, 0) is 14.3 Å². The lowest BCUT2D eigenvalue weighted by molar-refractivity contribution is -0.119. The third kappa shape index (κ3) is 7.01. The second kappa shape index (κ2) is 11.7. The minimum Gasteiger partial charge on any atom is -0.493 e. The van der Waals surface area contributed by atoms with Gasteiger partial charge in [0.2, 0.25) is 0 Å². The first-order valence-electron chi connectivity index (χ1n) is 10.2. The van der Waals surface area contributed by atoms with Crippen LogP contribution in [0.3, 0.4) is 0 Å². The van der Waals surface area contributed by atoms with Crippen LogP contribution in [0.5, 0.6) is 11.5 Å². The average Bonchev–Trinajstić information content (AvgIpc) is 2.78. The SMILES string of the molecule is COC(=O)c1ccc(C)c(NC(=O)COC(=O)c2ccc(OCCC(C)C)c(OC)c2)c1. The third-order valence-corrected chi connectivity index (χ3v) is 4.62. The highest BCUT2D eigenvalue weighted by Gasteiger charge is 2.15. The molecule has 2 aromatic rings. The molecule has 0 radical (unpaired) electrons. The average molecular weight is 443 g/mol. The molecule has 1 amide bonds. The van der Waals surface area contributed by atoms with E-state index in [0.29, 0.717) is 35.3 Å². The summed E-state index contributed by atoms with van der Waals surface area (Å²) < 4.78 is 20.8. The second-order valence-electron chi connectivity index (χ2n) is 7.54. The Bertz CT molecular complexity index is 969. The fourth-order valence-corrected chi connectivity index (χ4v) is 2.72. The van der Waals surface area contributed by atoms with Gasteiger partial charge in [0.15, 0.2) is 18.1 Å². The molecule has 1 N–H and O–H groups in total. The van der Waals surface area contributed by atoms with E-state index in [1.165, 1.54) is 26.4 Å². The molecule has 172 valence electrons. The zero-order chi connectivity index (χ0) is 23.7. The first kappa shape index (κ1) is 24.7. The van der Waals surface area contributed by atoms with Gasteiger partial charge in [0, 0.05) is 5.69 Å². The number of amides is 1. The molecule has 0 unspecified atom stereocenters. The standard InChI is InChI=1S/C24H29NO7/c1-15(2)10-11-31-20-9-8-18(13-21(20)29-4)24(28)32-14-22(26)25-19-12-17(23(27)30-5)7-6-16(19)3/h6-9,12-13,15H,10-11,14H2,1-5H3,(H,25,26). The summed E-state index contributed by atoms with van der Waals surface area (Å²) in [5, 5.41) is 2.63. The molecule has 0 aliphatic heterocycles. The molecule has 8 nitrogen and oxygen atoms in total. The molecule has 8 heteroatoms. The molecule has 0 aliphatic rings. The number of ether oxygens (including phenoxy) is 4. The molecule has 0 aromatic heterocycles. The molecule has 0 aliphatic carbocycles. The number of aryl methyl sites for hydroxylation is 1. The van der Waals surface area contributed by atoms with Crippen molar-refractivity contribution in [3.05, 3.63) is 53.1 Å². The van der Waals surface area contributed by atoms with Crippen molar-refractivity contribution in [1.82, 2.24) is 0 Å². The Morgan fingerprint density at radius 3 is 2.28 bits per heavy atom.